The Kier molecular flexibility index (Phi) is 28.5. The second kappa shape index (κ2) is 28.8. The standard InChI is InChI=1S/C13H10FN4P.C12H16N.C9H17NO2.C5H12.C2H6S.U/c1-2-8-9(4-11(19)18-13(8)16)12-10(14)3-7(5-15)6-17-12;1-2-3-4-10-5-6-11-8-13-9-12(11)7-10;1-3-7(2)8(11)5-4-6-9(10)12;1-5(2,3)4;1-3-2;/h2-4,6,16H,19H2,1H3;5-8,13H,2-4,9H2,1H3;7H,3-6H2,1-2H3,(H2,10,12);1-4H3;1-2H3;/q;-1;;;;/b8-2-,16-13?;;;;;. The minimum atomic E-state index is -0.586. The number of amidine groups is 1. The number of nitriles is 1. The smallest absolute Gasteiger partial charge is 0.217 e. The number of benzene rings is 1. The summed E-state index contributed by atoms with van der Waals surface area (Å²) in [4.78, 5) is 29.5. The summed E-state index contributed by atoms with van der Waals surface area (Å²) < 4.78 is 14.0. The van der Waals surface area contributed by atoms with Crippen LogP contribution in [0.15, 0.2) is 53.2 Å². The van der Waals surface area contributed by atoms with E-state index in [1.165, 1.54) is 42.1 Å². The van der Waals surface area contributed by atoms with E-state index >= 15 is 0 Å². The molecule has 0 fully saturated rings. The molecular weight excluding hydrogens is 929 g/mol. The minimum Gasteiger partial charge on any atom is -0.370 e. The number of nitrogens with one attached hydrogen (secondary N) is 2. The Bertz CT molecular complexity index is 1590. The van der Waals surface area contributed by atoms with Crippen molar-refractivity contribution >= 4 is 49.6 Å². The van der Waals surface area contributed by atoms with Gasteiger partial charge in [-0.05, 0) is 69.2 Å². The van der Waals surface area contributed by atoms with Crippen LogP contribution >= 0.6 is 21.0 Å². The number of unbranched alkanes of at least 4 members (excludes halogenated alkanes) is 1. The van der Waals surface area contributed by atoms with Crippen LogP contribution < -0.4 is 11.1 Å². The van der Waals surface area contributed by atoms with E-state index in [2.05, 4.69) is 83.9 Å². The van der Waals surface area contributed by atoms with Gasteiger partial charge in [-0.2, -0.15) is 28.7 Å². The normalized spacial score (nSPS) is 13.8. The van der Waals surface area contributed by atoms with E-state index in [0.717, 1.165) is 19.0 Å². The van der Waals surface area contributed by atoms with Gasteiger partial charge in [-0.25, -0.2) is 9.38 Å². The molecule has 1 aromatic carbocycles. The number of allylic oxidation sites excluding steroid dienone is 2. The zero-order valence-corrected chi connectivity index (χ0v) is 39.6. The van der Waals surface area contributed by atoms with Crippen molar-refractivity contribution in [3.05, 3.63) is 88.5 Å². The number of primary amides is 1. The van der Waals surface area contributed by atoms with Gasteiger partial charge in [0.25, 0.3) is 0 Å². The summed E-state index contributed by atoms with van der Waals surface area (Å²) in [6.45, 7) is 19.7. The number of aliphatic imine (C=N–C) groups is 1. The van der Waals surface area contributed by atoms with Crippen LogP contribution in [-0.4, -0.2) is 40.5 Å². The number of amides is 1. The SMILES string of the molecule is C/C=C1\C(=N)N=C(P)C=C1c1ncc(C#N)cc1F.CC(C)(C)C.CCC(C)C(=O)CCCC(N)=O.CCCCc1ccc2c(c1)CN[CH-]2.CSC.[U]. The molecule has 12 heteroatoms. The number of aromatic nitrogens is 1. The Labute approximate surface area is 349 Å². The summed E-state index contributed by atoms with van der Waals surface area (Å²) in [6, 6.07) is 9.77. The maximum atomic E-state index is 14.0. The van der Waals surface area contributed by atoms with Gasteiger partial charge in [-0.15, -0.1) is 24.2 Å². The molecule has 4 rings (SSSR count). The average molecular weight is 990 g/mol. The number of pyridine rings is 1. The number of fused-ring (bicyclic) bond motifs is 1. The first-order chi connectivity index (χ1) is 24.4. The number of thioether (sulfide) groups is 1. The van der Waals surface area contributed by atoms with Crippen LogP contribution in [0.1, 0.15) is 122 Å². The largest absolute Gasteiger partial charge is 0.370 e. The monoisotopic (exact) mass is 989 g/mol. The molecule has 0 saturated carbocycles. The first-order valence-electron chi connectivity index (χ1n) is 17.7. The number of rotatable bonds is 10. The predicted molar refractivity (Wildman–Crippen MR) is 223 cm³/mol. The molecule has 2 atom stereocenters. The van der Waals surface area contributed by atoms with Gasteiger partial charge in [0.05, 0.1) is 11.0 Å². The van der Waals surface area contributed by atoms with E-state index in [1.807, 2.05) is 32.4 Å². The molecular formula is C41H61FN6O2PSU-. The van der Waals surface area contributed by atoms with Crippen LogP contribution in [-0.2, 0) is 22.6 Å². The van der Waals surface area contributed by atoms with Gasteiger partial charge in [0.15, 0.2) is 11.7 Å². The molecule has 2 aliphatic rings. The third-order valence-corrected chi connectivity index (χ3v) is 7.47. The third kappa shape index (κ3) is 23.1. The molecule has 53 heavy (non-hydrogen) atoms. The summed E-state index contributed by atoms with van der Waals surface area (Å²) in [6.07, 6.45) is 14.8. The molecule has 1 amide bonds. The summed E-state index contributed by atoms with van der Waals surface area (Å²) >= 11 is 1.75. The fraction of sp³-hybridized carbons (Fsp3) is 0.488. The molecule has 8 nitrogen and oxygen atoms in total. The number of hydrogen-bond donors (Lipinski definition) is 3. The van der Waals surface area contributed by atoms with Gasteiger partial charge in [-0.1, -0.05) is 75.8 Å². The second-order valence-corrected chi connectivity index (χ2v) is 15.4. The molecule has 0 spiro atoms. The maximum Gasteiger partial charge on any atom is 0.217 e. The Morgan fingerprint density at radius 1 is 1.19 bits per heavy atom. The number of carbonyl (C=O) groups is 2. The van der Waals surface area contributed by atoms with E-state index in [9.17, 15) is 14.0 Å². The summed E-state index contributed by atoms with van der Waals surface area (Å²) in [5.74, 6) is -0.490. The molecule has 4 N–H and O–H groups in total. The van der Waals surface area contributed by atoms with E-state index in [0.29, 0.717) is 41.3 Å². The Morgan fingerprint density at radius 2 is 1.81 bits per heavy atom. The van der Waals surface area contributed by atoms with Crippen molar-refractivity contribution in [3.63, 3.8) is 0 Å². The number of Topliss-reactive ketones (excluding diaryl/α,β-unsaturated/α-hetero) is 1. The molecule has 290 valence electrons. The van der Waals surface area contributed by atoms with E-state index in [-0.39, 0.29) is 65.8 Å². The number of nitrogens with zero attached hydrogens (tertiary/aromatic N) is 3. The number of nitrogens with two attached hydrogens (primary N) is 1. The number of carbonyl (C=O) groups excluding carboxylic acids is 2. The van der Waals surface area contributed by atoms with Crippen molar-refractivity contribution in [2.75, 3.05) is 12.5 Å². The van der Waals surface area contributed by atoms with Crippen molar-refractivity contribution in [1.29, 1.82) is 10.7 Å². The Morgan fingerprint density at radius 3 is 2.32 bits per heavy atom. The molecule has 2 aromatic rings. The fourth-order valence-corrected chi connectivity index (χ4v) is 4.73. The number of dihydropyridines is 1. The first kappa shape index (κ1) is 52.5. The molecule has 0 radical (unpaired) electrons. The molecule has 2 aliphatic heterocycles. The van der Waals surface area contributed by atoms with Crippen LogP contribution in [0.5, 0.6) is 0 Å². The summed E-state index contributed by atoms with van der Waals surface area (Å²) in [5.41, 5.74) is 11.6. The number of halogens is 1. The number of hydrogen-bond acceptors (Lipinski definition) is 7. The molecule has 0 saturated heterocycles. The molecule has 2 unspecified atom stereocenters. The molecule has 0 bridgehead atoms. The third-order valence-electron chi connectivity index (χ3n) is 7.18. The number of ketones is 1. The van der Waals surface area contributed by atoms with E-state index in [4.69, 9.17) is 16.4 Å². The summed E-state index contributed by atoms with van der Waals surface area (Å²) in [7, 11) is 2.38. The average Bonchev–Trinajstić information content (AvgIpc) is 3.55. The van der Waals surface area contributed by atoms with Crippen molar-refractivity contribution in [2.24, 2.45) is 22.1 Å². The van der Waals surface area contributed by atoms with E-state index < -0.39 is 5.82 Å². The van der Waals surface area contributed by atoms with Crippen molar-refractivity contribution in [2.45, 2.75) is 107 Å². The van der Waals surface area contributed by atoms with Gasteiger partial charge >= 0.3 is 0 Å². The van der Waals surface area contributed by atoms with Crippen LogP contribution in [0.3, 0.4) is 0 Å². The van der Waals surface area contributed by atoms with Crippen molar-refractivity contribution < 1.29 is 45.1 Å². The van der Waals surface area contributed by atoms with Gasteiger partial charge in [0.1, 0.15) is 17.5 Å². The second-order valence-electron chi connectivity index (χ2n) is 14.0. The predicted octanol–water partition coefficient (Wildman–Crippen LogP) is 9.62. The van der Waals surface area contributed by atoms with Gasteiger partial charge in [0, 0.05) is 67.2 Å². The molecule has 1 aromatic heterocycles. The van der Waals surface area contributed by atoms with Crippen LogP contribution in [0.2, 0.25) is 0 Å². The maximum absolute atomic E-state index is 14.0. The fourth-order valence-electron chi connectivity index (χ4n) is 4.43. The number of aryl methyl sites for hydroxylation is 1. The summed E-state index contributed by atoms with van der Waals surface area (Å²) in [5, 5.41) is 19.7. The zero-order chi connectivity index (χ0) is 39.9. The van der Waals surface area contributed by atoms with Crippen LogP contribution in [0.25, 0.3) is 5.57 Å². The minimum absolute atomic E-state index is 0. The first-order valence-corrected chi connectivity index (χ1v) is 19.9. The molecule has 0 aliphatic carbocycles. The van der Waals surface area contributed by atoms with Crippen LogP contribution in [0, 0.1) is 71.5 Å². The van der Waals surface area contributed by atoms with Crippen molar-refractivity contribution in [3.8, 4) is 6.07 Å². The topological polar surface area (TPSA) is 145 Å². The van der Waals surface area contributed by atoms with Gasteiger partial charge < -0.3 is 11.1 Å². The van der Waals surface area contributed by atoms with Crippen molar-refractivity contribution in [1.82, 2.24) is 10.3 Å². The zero-order valence-electron chi connectivity index (χ0n) is 33.5. The van der Waals surface area contributed by atoms with Gasteiger partial charge in [-0.3, -0.25) is 20.0 Å². The van der Waals surface area contributed by atoms with Crippen LogP contribution in [0.4, 0.5) is 4.39 Å². The Balaban J connectivity index is 0. The molecule has 3 heterocycles. The van der Waals surface area contributed by atoms with Gasteiger partial charge in [0.2, 0.25) is 5.91 Å². The quantitative estimate of drug-likeness (QED) is 0.160. The van der Waals surface area contributed by atoms with E-state index in [1.54, 1.807) is 30.8 Å². The Hall–Kier alpha value is -2.59.